The number of fused-ring (bicyclic) bond motifs is 1. The van der Waals surface area contributed by atoms with Gasteiger partial charge in [-0.1, -0.05) is 6.92 Å². The lowest BCUT2D eigenvalue weighted by Crippen LogP contribution is -2.47. The van der Waals surface area contributed by atoms with E-state index in [-0.39, 0.29) is 30.6 Å². The highest BCUT2D eigenvalue weighted by molar-refractivity contribution is 6.00. The number of piperidine rings is 1. The number of aromatic nitrogens is 1. The molecule has 1 aromatic heterocycles. The molecule has 1 aromatic rings. The Morgan fingerprint density at radius 3 is 2.71 bits per heavy atom. The summed E-state index contributed by atoms with van der Waals surface area (Å²) in [6, 6.07) is 0. The van der Waals surface area contributed by atoms with E-state index < -0.39 is 6.17 Å². The van der Waals surface area contributed by atoms with Crippen molar-refractivity contribution in [2.45, 2.75) is 58.9 Å². The monoisotopic (exact) mass is 391 g/mol. The zero-order chi connectivity index (χ0) is 20.1. The zero-order valence-electron chi connectivity index (χ0n) is 17.0. The molecule has 1 N–H and O–H groups in total. The number of carbonyl (C=O) groups is 1. The van der Waals surface area contributed by atoms with E-state index in [0.717, 1.165) is 22.6 Å². The van der Waals surface area contributed by atoms with Crippen LogP contribution in [0.25, 0.3) is 0 Å². The fourth-order valence-electron chi connectivity index (χ4n) is 4.19. The standard InChI is InChI=1S/C21H30FN3O3/c1-13-14(2)19(23-16-11-25(8-9-26)20(27)18(13)16)24-7-4-17(15(22)10-24)28-12-21(3)5-6-21/h15,17,26H,4-12H2,1-3H3/t15-,17?/m1/s1. The molecule has 1 saturated heterocycles. The molecule has 2 fully saturated rings. The lowest BCUT2D eigenvalue weighted by atomic mass is 10.0. The van der Waals surface area contributed by atoms with E-state index in [0.29, 0.717) is 38.2 Å². The molecule has 28 heavy (non-hydrogen) atoms. The lowest BCUT2D eigenvalue weighted by molar-refractivity contribution is -0.0302. The molecule has 154 valence electrons. The topological polar surface area (TPSA) is 65.9 Å². The lowest BCUT2D eigenvalue weighted by Gasteiger charge is -2.36. The Morgan fingerprint density at radius 2 is 2.07 bits per heavy atom. The Hall–Kier alpha value is -1.73. The van der Waals surface area contributed by atoms with Gasteiger partial charge in [0.15, 0.2) is 0 Å². The van der Waals surface area contributed by atoms with Crippen LogP contribution in [0.5, 0.6) is 0 Å². The van der Waals surface area contributed by atoms with Crippen molar-refractivity contribution in [2.75, 3.05) is 37.7 Å². The summed E-state index contributed by atoms with van der Waals surface area (Å²) < 4.78 is 20.7. The number of ether oxygens (including phenoxy) is 1. The minimum atomic E-state index is -1.04. The van der Waals surface area contributed by atoms with Crippen molar-refractivity contribution in [3.05, 3.63) is 22.4 Å². The molecular formula is C21H30FN3O3. The fraction of sp³-hybridized carbons (Fsp3) is 0.714. The molecule has 6 nitrogen and oxygen atoms in total. The van der Waals surface area contributed by atoms with Crippen LogP contribution < -0.4 is 4.90 Å². The molecule has 2 aliphatic heterocycles. The summed E-state index contributed by atoms with van der Waals surface area (Å²) in [5, 5.41) is 9.18. The number of alkyl halides is 1. The second-order valence-corrected chi connectivity index (χ2v) is 8.87. The number of β-amino-alcohol motifs (C(OH)–C–C–N with tert-alkyl or cyclic N) is 1. The van der Waals surface area contributed by atoms with Gasteiger partial charge in [0.05, 0.1) is 43.7 Å². The number of hydrogen-bond donors (Lipinski definition) is 1. The van der Waals surface area contributed by atoms with Gasteiger partial charge in [-0.25, -0.2) is 9.37 Å². The average molecular weight is 391 g/mol. The van der Waals surface area contributed by atoms with Crippen molar-refractivity contribution in [1.82, 2.24) is 9.88 Å². The van der Waals surface area contributed by atoms with Crippen molar-refractivity contribution in [3.8, 4) is 0 Å². The molecule has 1 amide bonds. The first-order valence-corrected chi connectivity index (χ1v) is 10.2. The number of aliphatic hydroxyl groups is 1. The largest absolute Gasteiger partial charge is 0.395 e. The zero-order valence-corrected chi connectivity index (χ0v) is 17.0. The molecule has 1 aliphatic carbocycles. The maximum absolute atomic E-state index is 14.8. The van der Waals surface area contributed by atoms with Crippen LogP contribution in [0.1, 0.15) is 53.4 Å². The maximum atomic E-state index is 14.8. The van der Waals surface area contributed by atoms with Gasteiger partial charge in [0.2, 0.25) is 0 Å². The fourth-order valence-corrected chi connectivity index (χ4v) is 4.19. The van der Waals surface area contributed by atoms with Crippen LogP contribution in [0, 0.1) is 19.3 Å². The van der Waals surface area contributed by atoms with E-state index in [1.807, 2.05) is 18.7 Å². The molecule has 3 heterocycles. The third-order valence-corrected chi connectivity index (χ3v) is 6.54. The van der Waals surface area contributed by atoms with Crippen LogP contribution in [0.4, 0.5) is 10.2 Å². The second-order valence-electron chi connectivity index (χ2n) is 8.87. The number of anilines is 1. The van der Waals surface area contributed by atoms with E-state index in [1.54, 1.807) is 4.90 Å². The minimum absolute atomic E-state index is 0.0687. The van der Waals surface area contributed by atoms with Crippen LogP contribution >= 0.6 is 0 Å². The molecule has 7 heteroatoms. The minimum Gasteiger partial charge on any atom is -0.395 e. The smallest absolute Gasteiger partial charge is 0.256 e. The molecule has 1 saturated carbocycles. The SMILES string of the molecule is Cc1c(N2CCC(OCC3(C)CC3)[C@H](F)C2)nc2c(c1C)C(=O)N(CCO)C2. The first-order valence-electron chi connectivity index (χ1n) is 10.2. The van der Waals surface area contributed by atoms with Gasteiger partial charge in [-0.15, -0.1) is 0 Å². The summed E-state index contributed by atoms with van der Waals surface area (Å²) in [5.74, 6) is 0.693. The van der Waals surface area contributed by atoms with Gasteiger partial charge >= 0.3 is 0 Å². The second kappa shape index (κ2) is 7.26. The van der Waals surface area contributed by atoms with Gasteiger partial charge in [0, 0.05) is 13.1 Å². The highest BCUT2D eigenvalue weighted by atomic mass is 19.1. The maximum Gasteiger partial charge on any atom is 0.256 e. The Balaban J connectivity index is 1.49. The van der Waals surface area contributed by atoms with Gasteiger partial charge in [-0.05, 0) is 49.7 Å². The molecular weight excluding hydrogens is 361 g/mol. The third-order valence-electron chi connectivity index (χ3n) is 6.54. The Labute approximate surface area is 165 Å². The Morgan fingerprint density at radius 1 is 1.32 bits per heavy atom. The first kappa shape index (κ1) is 19.6. The van der Waals surface area contributed by atoms with Gasteiger partial charge in [-0.2, -0.15) is 0 Å². The van der Waals surface area contributed by atoms with Gasteiger partial charge < -0.3 is 19.6 Å². The van der Waals surface area contributed by atoms with E-state index >= 15 is 0 Å². The summed E-state index contributed by atoms with van der Waals surface area (Å²) >= 11 is 0. The third kappa shape index (κ3) is 3.50. The van der Waals surface area contributed by atoms with Crippen molar-refractivity contribution in [3.63, 3.8) is 0 Å². The highest BCUT2D eigenvalue weighted by Gasteiger charge is 2.40. The molecule has 0 bridgehead atoms. The van der Waals surface area contributed by atoms with Crippen molar-refractivity contribution >= 4 is 11.7 Å². The number of amides is 1. The van der Waals surface area contributed by atoms with Gasteiger partial charge in [0.1, 0.15) is 12.0 Å². The van der Waals surface area contributed by atoms with Crippen molar-refractivity contribution in [1.29, 1.82) is 0 Å². The average Bonchev–Trinajstić information content (AvgIpc) is 3.32. The quantitative estimate of drug-likeness (QED) is 0.807. The predicted molar refractivity (Wildman–Crippen MR) is 104 cm³/mol. The van der Waals surface area contributed by atoms with E-state index in [1.165, 1.54) is 12.8 Å². The summed E-state index contributed by atoms with van der Waals surface area (Å²) in [7, 11) is 0. The van der Waals surface area contributed by atoms with Crippen LogP contribution in [-0.2, 0) is 11.3 Å². The normalized spacial score (nSPS) is 26.0. The van der Waals surface area contributed by atoms with Crippen LogP contribution in [-0.4, -0.2) is 66.0 Å². The molecule has 0 spiro atoms. The van der Waals surface area contributed by atoms with Crippen molar-refractivity contribution in [2.24, 2.45) is 5.41 Å². The van der Waals surface area contributed by atoms with E-state index in [4.69, 9.17) is 9.72 Å². The van der Waals surface area contributed by atoms with Gasteiger partial charge in [0.25, 0.3) is 5.91 Å². The highest BCUT2D eigenvalue weighted by Crippen LogP contribution is 2.45. The number of carbonyl (C=O) groups excluding carboxylic acids is 1. The molecule has 0 radical (unpaired) electrons. The predicted octanol–water partition coefficient (Wildman–Crippen LogP) is 2.38. The number of pyridine rings is 1. The molecule has 0 aromatic carbocycles. The number of rotatable bonds is 6. The molecule has 3 aliphatic rings. The molecule has 2 atom stereocenters. The van der Waals surface area contributed by atoms with Crippen LogP contribution in [0.15, 0.2) is 0 Å². The number of nitrogens with zero attached hydrogens (tertiary/aromatic N) is 3. The van der Waals surface area contributed by atoms with Crippen LogP contribution in [0.3, 0.4) is 0 Å². The first-order chi connectivity index (χ1) is 13.3. The number of aliphatic hydroxyl groups excluding tert-OH is 1. The summed E-state index contributed by atoms with van der Waals surface area (Å²) in [6.45, 7) is 8.32. The Bertz CT molecular complexity index is 781. The van der Waals surface area contributed by atoms with Gasteiger partial charge in [-0.3, -0.25) is 4.79 Å². The van der Waals surface area contributed by atoms with Crippen LogP contribution in [0.2, 0.25) is 0 Å². The molecule has 1 unspecified atom stereocenters. The van der Waals surface area contributed by atoms with E-state index in [2.05, 4.69) is 6.92 Å². The number of halogens is 1. The summed E-state index contributed by atoms with van der Waals surface area (Å²) in [4.78, 5) is 20.9. The number of hydrogen-bond acceptors (Lipinski definition) is 5. The van der Waals surface area contributed by atoms with E-state index in [9.17, 15) is 14.3 Å². The summed E-state index contributed by atoms with van der Waals surface area (Å²) in [6.07, 6.45) is 1.60. The Kier molecular flexibility index (Phi) is 5.08. The molecule has 4 rings (SSSR count). The summed E-state index contributed by atoms with van der Waals surface area (Å²) in [5.41, 5.74) is 3.46. The van der Waals surface area contributed by atoms with Crippen molar-refractivity contribution < 1.29 is 19.0 Å².